The lowest BCUT2D eigenvalue weighted by Gasteiger charge is -2.29. The summed E-state index contributed by atoms with van der Waals surface area (Å²) in [6.07, 6.45) is 2.57. The van der Waals surface area contributed by atoms with Gasteiger partial charge in [0.25, 0.3) is 0 Å². The number of rotatable bonds is 5. The standard InChI is InChI=1S/C21H28N6/c1-15-23-18(14-27-16(2)25-19-8-4-5-9-20(19)27)11-21(24-15)22-12-17-7-6-10-26(3)13-17/h4-5,8-9,11,17H,6-7,10,12-14H2,1-3H3,(H,22,23,24). The maximum Gasteiger partial charge on any atom is 0.130 e. The van der Waals surface area contributed by atoms with Gasteiger partial charge in [0.05, 0.1) is 23.3 Å². The second-order valence-corrected chi connectivity index (χ2v) is 7.68. The van der Waals surface area contributed by atoms with Crippen LogP contribution in [0.5, 0.6) is 0 Å². The molecule has 0 radical (unpaired) electrons. The number of imidazole rings is 1. The van der Waals surface area contributed by atoms with Crippen LogP contribution in [-0.4, -0.2) is 51.1 Å². The number of nitrogens with zero attached hydrogens (tertiary/aromatic N) is 5. The summed E-state index contributed by atoms with van der Waals surface area (Å²) in [5, 5.41) is 3.54. The first-order valence-corrected chi connectivity index (χ1v) is 9.77. The molecule has 4 rings (SSSR count). The number of hydrogen-bond acceptors (Lipinski definition) is 5. The molecule has 1 aromatic carbocycles. The van der Waals surface area contributed by atoms with Crippen LogP contribution < -0.4 is 5.32 Å². The van der Waals surface area contributed by atoms with E-state index in [1.807, 2.05) is 19.9 Å². The largest absolute Gasteiger partial charge is 0.370 e. The first kappa shape index (κ1) is 17.9. The van der Waals surface area contributed by atoms with Crippen LogP contribution in [-0.2, 0) is 6.54 Å². The second-order valence-electron chi connectivity index (χ2n) is 7.68. The summed E-state index contributed by atoms with van der Waals surface area (Å²) in [5.74, 6) is 3.42. The van der Waals surface area contributed by atoms with Crippen LogP contribution in [0.3, 0.4) is 0 Å². The number of anilines is 1. The molecule has 6 nitrogen and oxygen atoms in total. The fourth-order valence-corrected chi connectivity index (χ4v) is 4.05. The lowest BCUT2D eigenvalue weighted by molar-refractivity contribution is 0.217. The van der Waals surface area contributed by atoms with Gasteiger partial charge in [0.15, 0.2) is 0 Å². The molecular formula is C21H28N6. The molecule has 1 aliphatic rings. The highest BCUT2D eigenvalue weighted by atomic mass is 15.1. The summed E-state index contributed by atoms with van der Waals surface area (Å²) < 4.78 is 2.22. The predicted octanol–water partition coefficient (Wildman–Crippen LogP) is 3.25. The highest BCUT2D eigenvalue weighted by Crippen LogP contribution is 2.19. The lowest BCUT2D eigenvalue weighted by Crippen LogP contribution is -2.35. The van der Waals surface area contributed by atoms with Crippen molar-refractivity contribution in [2.24, 2.45) is 5.92 Å². The molecular weight excluding hydrogens is 336 g/mol. The molecule has 0 spiro atoms. The molecule has 3 heterocycles. The molecule has 0 bridgehead atoms. The molecule has 27 heavy (non-hydrogen) atoms. The zero-order chi connectivity index (χ0) is 18.8. The van der Waals surface area contributed by atoms with Crippen molar-refractivity contribution < 1.29 is 0 Å². The minimum absolute atomic E-state index is 0.683. The summed E-state index contributed by atoms with van der Waals surface area (Å²) in [6, 6.07) is 10.3. The van der Waals surface area contributed by atoms with Gasteiger partial charge in [0, 0.05) is 19.2 Å². The van der Waals surface area contributed by atoms with Crippen molar-refractivity contribution in [2.45, 2.75) is 33.2 Å². The van der Waals surface area contributed by atoms with E-state index in [-0.39, 0.29) is 0 Å². The third-order valence-electron chi connectivity index (χ3n) is 5.35. The number of benzene rings is 1. The van der Waals surface area contributed by atoms with E-state index >= 15 is 0 Å². The first-order valence-electron chi connectivity index (χ1n) is 9.77. The summed E-state index contributed by atoms with van der Waals surface area (Å²) >= 11 is 0. The first-order chi connectivity index (χ1) is 13.1. The van der Waals surface area contributed by atoms with Crippen LogP contribution in [0.15, 0.2) is 30.3 Å². The Labute approximate surface area is 160 Å². The Kier molecular flexibility index (Phi) is 5.07. The van der Waals surface area contributed by atoms with Crippen LogP contribution in [0, 0.1) is 19.8 Å². The zero-order valence-corrected chi connectivity index (χ0v) is 16.4. The van der Waals surface area contributed by atoms with Crippen molar-refractivity contribution in [1.29, 1.82) is 0 Å². The minimum atomic E-state index is 0.683. The van der Waals surface area contributed by atoms with E-state index in [1.54, 1.807) is 0 Å². The van der Waals surface area contributed by atoms with Gasteiger partial charge in [-0.2, -0.15) is 0 Å². The maximum absolute atomic E-state index is 4.66. The average Bonchev–Trinajstić information content (AvgIpc) is 2.95. The average molecular weight is 364 g/mol. The smallest absolute Gasteiger partial charge is 0.130 e. The molecule has 142 valence electrons. The molecule has 1 fully saturated rings. The topological polar surface area (TPSA) is 58.9 Å². The lowest BCUT2D eigenvalue weighted by atomic mass is 9.98. The Morgan fingerprint density at radius 3 is 2.85 bits per heavy atom. The van der Waals surface area contributed by atoms with Gasteiger partial charge in [0.2, 0.25) is 0 Å². The molecule has 2 aromatic heterocycles. The number of piperidine rings is 1. The molecule has 1 unspecified atom stereocenters. The van der Waals surface area contributed by atoms with Gasteiger partial charge in [0.1, 0.15) is 17.5 Å². The third kappa shape index (κ3) is 4.11. The zero-order valence-electron chi connectivity index (χ0n) is 16.4. The highest BCUT2D eigenvalue weighted by molar-refractivity contribution is 5.75. The SMILES string of the molecule is Cc1nc(Cn2c(C)nc3ccccc32)cc(NCC2CCCN(C)C2)n1. The number of nitrogens with one attached hydrogen (secondary N) is 1. The van der Waals surface area contributed by atoms with Gasteiger partial charge in [-0.1, -0.05) is 12.1 Å². The Hall–Kier alpha value is -2.47. The number of para-hydroxylation sites is 2. The van der Waals surface area contributed by atoms with Crippen molar-refractivity contribution in [1.82, 2.24) is 24.4 Å². The molecule has 6 heteroatoms. The fourth-order valence-electron chi connectivity index (χ4n) is 4.05. The van der Waals surface area contributed by atoms with Gasteiger partial charge >= 0.3 is 0 Å². The van der Waals surface area contributed by atoms with Crippen LogP contribution in [0.2, 0.25) is 0 Å². The monoisotopic (exact) mass is 364 g/mol. The van der Waals surface area contributed by atoms with Crippen molar-refractivity contribution in [3.8, 4) is 0 Å². The maximum atomic E-state index is 4.66. The van der Waals surface area contributed by atoms with E-state index in [0.717, 1.165) is 47.3 Å². The molecule has 1 aliphatic heterocycles. The van der Waals surface area contributed by atoms with Crippen molar-refractivity contribution in [3.05, 3.63) is 47.7 Å². The normalized spacial score (nSPS) is 18.1. The number of hydrogen-bond donors (Lipinski definition) is 1. The summed E-state index contributed by atoms with van der Waals surface area (Å²) in [4.78, 5) is 16.3. The van der Waals surface area contributed by atoms with Gasteiger partial charge in [-0.25, -0.2) is 15.0 Å². The van der Waals surface area contributed by atoms with Crippen LogP contribution in [0.4, 0.5) is 5.82 Å². The van der Waals surface area contributed by atoms with E-state index in [0.29, 0.717) is 12.5 Å². The van der Waals surface area contributed by atoms with Crippen LogP contribution in [0.1, 0.15) is 30.2 Å². The Morgan fingerprint density at radius 2 is 2.00 bits per heavy atom. The van der Waals surface area contributed by atoms with Crippen molar-refractivity contribution in [2.75, 3.05) is 32.0 Å². The van der Waals surface area contributed by atoms with Gasteiger partial charge in [-0.05, 0) is 58.3 Å². The number of fused-ring (bicyclic) bond motifs is 1. The molecule has 0 saturated carbocycles. The molecule has 3 aromatic rings. The molecule has 1 atom stereocenters. The fraction of sp³-hybridized carbons (Fsp3) is 0.476. The Bertz CT molecular complexity index is 932. The molecule has 0 amide bonds. The van der Waals surface area contributed by atoms with Gasteiger partial charge < -0.3 is 14.8 Å². The molecule has 0 aliphatic carbocycles. The van der Waals surface area contributed by atoms with E-state index < -0.39 is 0 Å². The second kappa shape index (κ2) is 7.64. The van der Waals surface area contributed by atoms with E-state index in [1.165, 1.54) is 19.4 Å². The summed E-state index contributed by atoms with van der Waals surface area (Å²) in [6.45, 7) is 8.05. The van der Waals surface area contributed by atoms with Gasteiger partial charge in [-0.3, -0.25) is 0 Å². The number of likely N-dealkylation sites (tertiary alicyclic amines) is 1. The quantitative estimate of drug-likeness (QED) is 0.753. The van der Waals surface area contributed by atoms with Crippen LogP contribution in [0.25, 0.3) is 11.0 Å². The summed E-state index contributed by atoms with van der Waals surface area (Å²) in [5.41, 5.74) is 3.18. The Morgan fingerprint density at radius 1 is 1.15 bits per heavy atom. The van der Waals surface area contributed by atoms with Crippen molar-refractivity contribution in [3.63, 3.8) is 0 Å². The summed E-state index contributed by atoms with van der Waals surface area (Å²) in [7, 11) is 2.21. The number of aromatic nitrogens is 4. The highest BCUT2D eigenvalue weighted by Gasteiger charge is 2.17. The minimum Gasteiger partial charge on any atom is -0.370 e. The van der Waals surface area contributed by atoms with E-state index in [4.69, 9.17) is 0 Å². The Balaban J connectivity index is 1.51. The van der Waals surface area contributed by atoms with Crippen LogP contribution >= 0.6 is 0 Å². The molecule has 1 saturated heterocycles. The van der Waals surface area contributed by atoms with Crippen molar-refractivity contribution >= 4 is 16.9 Å². The predicted molar refractivity (Wildman–Crippen MR) is 109 cm³/mol. The molecule has 1 N–H and O–H groups in total. The number of aryl methyl sites for hydroxylation is 2. The van der Waals surface area contributed by atoms with E-state index in [2.05, 4.69) is 61.0 Å². The third-order valence-corrected chi connectivity index (χ3v) is 5.35. The van der Waals surface area contributed by atoms with Gasteiger partial charge in [-0.15, -0.1) is 0 Å². The van der Waals surface area contributed by atoms with E-state index in [9.17, 15) is 0 Å².